The second-order valence-electron chi connectivity index (χ2n) is 6.17. The summed E-state index contributed by atoms with van der Waals surface area (Å²) in [6.07, 6.45) is 0.380. The van der Waals surface area contributed by atoms with Crippen LogP contribution >= 0.6 is 11.3 Å². The summed E-state index contributed by atoms with van der Waals surface area (Å²) in [4.78, 5) is 25.7. The molecule has 0 spiro atoms. The van der Waals surface area contributed by atoms with Gasteiger partial charge in [0.05, 0.1) is 23.0 Å². The smallest absolute Gasteiger partial charge is 0.310 e. The monoisotopic (exact) mass is 410 g/mol. The van der Waals surface area contributed by atoms with Gasteiger partial charge in [-0.1, -0.05) is 18.2 Å². The lowest BCUT2D eigenvalue weighted by Gasteiger charge is -2.27. The highest BCUT2D eigenvalue weighted by molar-refractivity contribution is 7.91. The Morgan fingerprint density at radius 1 is 1.30 bits per heavy atom. The number of hydrogen-bond acceptors (Lipinski definition) is 7. The van der Waals surface area contributed by atoms with Gasteiger partial charge in [0.15, 0.2) is 22.2 Å². The highest BCUT2D eigenvalue weighted by Gasteiger charge is 2.35. The van der Waals surface area contributed by atoms with Gasteiger partial charge in [-0.25, -0.2) is 8.42 Å². The number of rotatable bonds is 7. The van der Waals surface area contributed by atoms with Crippen molar-refractivity contribution in [3.63, 3.8) is 0 Å². The van der Waals surface area contributed by atoms with E-state index in [1.165, 1.54) is 34.4 Å². The molecule has 2 aromatic rings. The molecule has 1 unspecified atom stereocenters. The molecule has 144 valence electrons. The molecule has 0 saturated carbocycles. The van der Waals surface area contributed by atoms with Crippen LogP contribution in [0.2, 0.25) is 0 Å². The first-order valence-electron chi connectivity index (χ1n) is 8.24. The Bertz CT molecular complexity index is 927. The Morgan fingerprint density at radius 2 is 2.07 bits per heavy atom. The number of thiophene rings is 1. The number of carbonyl (C=O) groups excluding carboxylic acids is 1. The molecule has 1 aromatic carbocycles. The summed E-state index contributed by atoms with van der Waals surface area (Å²) in [5.41, 5.74) is -0.224. The van der Waals surface area contributed by atoms with Crippen molar-refractivity contribution in [2.24, 2.45) is 0 Å². The highest BCUT2D eigenvalue weighted by atomic mass is 32.2. The van der Waals surface area contributed by atoms with Gasteiger partial charge in [0.2, 0.25) is 0 Å². The molecular weight excluding hydrogens is 392 g/mol. The van der Waals surface area contributed by atoms with Crippen LogP contribution in [0.5, 0.6) is 5.75 Å². The van der Waals surface area contributed by atoms with Gasteiger partial charge in [0, 0.05) is 17.0 Å². The third-order valence-electron chi connectivity index (χ3n) is 4.29. The Morgan fingerprint density at radius 3 is 2.70 bits per heavy atom. The third-order valence-corrected chi connectivity index (χ3v) is 6.90. The topological polar surface area (TPSA) is 107 Å². The number of carbonyl (C=O) groups is 1. The van der Waals surface area contributed by atoms with Gasteiger partial charge in [-0.3, -0.25) is 14.9 Å². The van der Waals surface area contributed by atoms with Crippen LogP contribution in [0.1, 0.15) is 11.3 Å². The van der Waals surface area contributed by atoms with Crippen molar-refractivity contribution in [3.05, 3.63) is 56.8 Å². The fourth-order valence-electron chi connectivity index (χ4n) is 2.96. The molecule has 1 fully saturated rings. The van der Waals surface area contributed by atoms with E-state index >= 15 is 0 Å². The van der Waals surface area contributed by atoms with Crippen LogP contribution in [0.3, 0.4) is 0 Å². The molecule has 1 atom stereocenters. The maximum atomic E-state index is 12.8. The fourth-order valence-corrected chi connectivity index (χ4v) is 5.40. The van der Waals surface area contributed by atoms with Crippen LogP contribution in [0.25, 0.3) is 0 Å². The normalized spacial score (nSPS) is 18.1. The SMILES string of the molecule is O=C(COc1ccccc1[N+](=O)[O-])N(Cc1cccs1)C1CCS(=O)(=O)C1. The van der Waals surface area contributed by atoms with E-state index in [1.807, 2.05) is 17.5 Å². The molecule has 0 N–H and O–H groups in total. The Kier molecular flexibility index (Phi) is 5.76. The Balaban J connectivity index is 1.74. The Hall–Kier alpha value is -2.46. The van der Waals surface area contributed by atoms with Gasteiger partial charge in [-0.2, -0.15) is 0 Å². The molecule has 2 heterocycles. The summed E-state index contributed by atoms with van der Waals surface area (Å²) in [7, 11) is -3.16. The maximum Gasteiger partial charge on any atom is 0.310 e. The van der Waals surface area contributed by atoms with Crippen LogP contribution in [0.15, 0.2) is 41.8 Å². The number of amides is 1. The first-order chi connectivity index (χ1) is 12.9. The minimum Gasteiger partial charge on any atom is -0.477 e. The molecule has 10 heteroatoms. The average Bonchev–Trinajstić information content (AvgIpc) is 3.26. The summed E-state index contributed by atoms with van der Waals surface area (Å²) in [6, 6.07) is 9.13. The summed E-state index contributed by atoms with van der Waals surface area (Å²) in [5.74, 6) is -0.415. The van der Waals surface area contributed by atoms with Crippen LogP contribution in [-0.4, -0.2) is 48.3 Å². The molecule has 0 radical (unpaired) electrons. The lowest BCUT2D eigenvalue weighted by atomic mass is 10.2. The highest BCUT2D eigenvalue weighted by Crippen LogP contribution is 2.26. The number of ether oxygens (including phenoxy) is 1. The van der Waals surface area contributed by atoms with Crippen molar-refractivity contribution in [2.75, 3.05) is 18.1 Å². The number of nitrogens with zero attached hydrogens (tertiary/aromatic N) is 2. The number of sulfone groups is 1. The van der Waals surface area contributed by atoms with E-state index in [-0.39, 0.29) is 29.5 Å². The average molecular weight is 410 g/mol. The van der Waals surface area contributed by atoms with Crippen LogP contribution in [-0.2, 0) is 21.2 Å². The van der Waals surface area contributed by atoms with Crippen LogP contribution in [0.4, 0.5) is 5.69 Å². The molecule has 1 aliphatic rings. The number of hydrogen-bond donors (Lipinski definition) is 0. The van der Waals surface area contributed by atoms with Gasteiger partial charge in [-0.05, 0) is 23.9 Å². The van der Waals surface area contributed by atoms with Gasteiger partial charge in [0.1, 0.15) is 0 Å². The Labute approximate surface area is 160 Å². The summed E-state index contributed by atoms with van der Waals surface area (Å²) in [5, 5.41) is 12.9. The summed E-state index contributed by atoms with van der Waals surface area (Å²) < 4.78 is 29.0. The van der Waals surface area contributed by atoms with E-state index in [0.29, 0.717) is 6.42 Å². The summed E-state index contributed by atoms with van der Waals surface area (Å²) in [6.45, 7) is -0.107. The van der Waals surface area contributed by atoms with Crippen molar-refractivity contribution >= 4 is 32.8 Å². The van der Waals surface area contributed by atoms with E-state index in [4.69, 9.17) is 4.74 Å². The fraction of sp³-hybridized carbons (Fsp3) is 0.353. The molecule has 0 bridgehead atoms. The first kappa shape index (κ1) is 19.3. The van der Waals surface area contributed by atoms with Crippen LogP contribution in [0, 0.1) is 10.1 Å². The minimum absolute atomic E-state index is 0.00553. The molecule has 1 aliphatic heterocycles. The second kappa shape index (κ2) is 8.05. The van der Waals surface area contributed by atoms with Gasteiger partial charge >= 0.3 is 5.69 Å². The van der Waals surface area contributed by atoms with E-state index in [0.717, 1.165) is 4.88 Å². The van der Waals surface area contributed by atoms with E-state index in [2.05, 4.69) is 0 Å². The largest absolute Gasteiger partial charge is 0.477 e. The minimum atomic E-state index is -3.16. The third kappa shape index (κ3) is 4.83. The van der Waals surface area contributed by atoms with Gasteiger partial charge in [0.25, 0.3) is 5.91 Å². The molecule has 1 aromatic heterocycles. The lowest BCUT2D eigenvalue weighted by Crippen LogP contribution is -2.42. The first-order valence-corrected chi connectivity index (χ1v) is 10.9. The number of nitro groups is 1. The van der Waals surface area contributed by atoms with E-state index < -0.39 is 33.3 Å². The molecule has 0 aliphatic carbocycles. The molecule has 3 rings (SSSR count). The zero-order valence-corrected chi connectivity index (χ0v) is 15.9. The predicted molar refractivity (Wildman–Crippen MR) is 101 cm³/mol. The van der Waals surface area contributed by atoms with Crippen molar-refractivity contribution in [3.8, 4) is 5.75 Å². The van der Waals surface area contributed by atoms with E-state index in [1.54, 1.807) is 6.07 Å². The van der Waals surface area contributed by atoms with Crippen LogP contribution < -0.4 is 4.74 Å². The zero-order valence-electron chi connectivity index (χ0n) is 14.3. The summed E-state index contributed by atoms with van der Waals surface area (Å²) >= 11 is 1.47. The van der Waals surface area contributed by atoms with Crippen molar-refractivity contribution in [1.82, 2.24) is 4.90 Å². The number of benzene rings is 1. The van der Waals surface area contributed by atoms with Crippen molar-refractivity contribution < 1.29 is 22.9 Å². The predicted octanol–water partition coefficient (Wildman–Crippen LogP) is 2.25. The van der Waals surface area contributed by atoms with Gasteiger partial charge in [-0.15, -0.1) is 11.3 Å². The van der Waals surface area contributed by atoms with Crippen molar-refractivity contribution in [2.45, 2.75) is 19.0 Å². The second-order valence-corrected chi connectivity index (χ2v) is 9.43. The van der Waals surface area contributed by atoms with Gasteiger partial charge < -0.3 is 9.64 Å². The van der Waals surface area contributed by atoms with E-state index in [9.17, 15) is 23.3 Å². The van der Waals surface area contributed by atoms with Crippen molar-refractivity contribution in [1.29, 1.82) is 0 Å². The zero-order chi connectivity index (χ0) is 19.4. The number of nitro benzene ring substituents is 1. The quantitative estimate of drug-likeness (QED) is 0.512. The molecule has 27 heavy (non-hydrogen) atoms. The molecule has 8 nitrogen and oxygen atoms in total. The molecule has 1 amide bonds. The standard InChI is InChI=1S/C17H18N2O6S2/c20-17(11-25-16-6-2-1-5-15(16)19(21)22)18(10-14-4-3-8-26-14)13-7-9-27(23,24)12-13/h1-6,8,13H,7,9-12H2. The lowest BCUT2D eigenvalue weighted by molar-refractivity contribution is -0.385. The number of para-hydroxylation sites is 2. The maximum absolute atomic E-state index is 12.8. The molecular formula is C17H18N2O6S2. The molecule has 1 saturated heterocycles.